The van der Waals surface area contributed by atoms with Crippen LogP contribution in [0.3, 0.4) is 0 Å². The summed E-state index contributed by atoms with van der Waals surface area (Å²) in [4.78, 5) is 0. The van der Waals surface area contributed by atoms with Gasteiger partial charge in [-0.1, -0.05) is 23.7 Å². The molecule has 0 radical (unpaired) electrons. The Morgan fingerprint density at radius 2 is 2.25 bits per heavy atom. The average molecular weight is 258 g/mol. The van der Waals surface area contributed by atoms with Crippen LogP contribution in [0.25, 0.3) is 0 Å². The molecule has 0 aliphatic heterocycles. The molecule has 2 N–H and O–H groups in total. The molecule has 0 amide bonds. The Hall–Kier alpha value is -0.380. The fraction of sp³-hybridized carbons (Fsp3) is 0.500. The van der Waals surface area contributed by atoms with Crippen LogP contribution in [0.5, 0.6) is 5.75 Å². The minimum absolute atomic E-state index is 0.200. The molecule has 1 saturated carbocycles. The summed E-state index contributed by atoms with van der Waals surface area (Å²) in [5.74, 6) is 0.200. The molecule has 0 heterocycles. The van der Waals surface area contributed by atoms with E-state index < -0.39 is 0 Å². The average Bonchev–Trinajstić information content (AvgIpc) is 3.05. The highest BCUT2D eigenvalue weighted by atomic mass is 35.5. The molecule has 2 nitrogen and oxygen atoms in total. The van der Waals surface area contributed by atoms with E-state index in [4.69, 9.17) is 11.6 Å². The number of thioether (sulfide) groups is 1. The Morgan fingerprint density at radius 3 is 2.88 bits per heavy atom. The lowest BCUT2D eigenvalue weighted by Gasteiger charge is -2.13. The number of nitrogens with one attached hydrogen (secondary N) is 1. The van der Waals surface area contributed by atoms with Gasteiger partial charge in [-0.25, -0.2) is 0 Å². The first-order valence-corrected chi connectivity index (χ1v) is 6.99. The number of phenolic OH excluding ortho intramolecular Hbond substituents is 1. The first kappa shape index (κ1) is 12.1. The van der Waals surface area contributed by atoms with Crippen molar-refractivity contribution in [2.24, 2.45) is 0 Å². The molecule has 4 heteroatoms. The van der Waals surface area contributed by atoms with Gasteiger partial charge in [-0.05, 0) is 25.2 Å². The van der Waals surface area contributed by atoms with Crippen LogP contribution >= 0.6 is 23.4 Å². The van der Waals surface area contributed by atoms with Crippen LogP contribution < -0.4 is 5.32 Å². The van der Waals surface area contributed by atoms with E-state index >= 15 is 0 Å². The van der Waals surface area contributed by atoms with Crippen molar-refractivity contribution >= 4 is 23.4 Å². The minimum atomic E-state index is 0.200. The summed E-state index contributed by atoms with van der Waals surface area (Å²) in [6, 6.07) is 5.46. The molecule has 16 heavy (non-hydrogen) atoms. The second-order valence-corrected chi connectivity index (χ2v) is 5.92. The molecule has 0 spiro atoms. The molecule has 0 bridgehead atoms. The number of benzene rings is 1. The Morgan fingerprint density at radius 1 is 1.50 bits per heavy atom. The molecule has 1 aromatic carbocycles. The van der Waals surface area contributed by atoms with E-state index in [0.29, 0.717) is 16.3 Å². The number of phenols is 1. The van der Waals surface area contributed by atoms with Gasteiger partial charge in [-0.2, -0.15) is 11.8 Å². The highest BCUT2D eigenvalue weighted by molar-refractivity contribution is 8.00. The summed E-state index contributed by atoms with van der Waals surface area (Å²) in [7, 11) is 0. The van der Waals surface area contributed by atoms with Crippen molar-refractivity contribution in [1.82, 2.24) is 5.32 Å². The van der Waals surface area contributed by atoms with Crippen molar-refractivity contribution in [2.45, 2.75) is 24.1 Å². The third kappa shape index (κ3) is 2.65. The maximum Gasteiger partial charge on any atom is 0.138 e. The molecule has 0 aromatic heterocycles. The Balaban J connectivity index is 1.88. The number of rotatable bonds is 5. The van der Waals surface area contributed by atoms with Gasteiger partial charge in [0.15, 0.2) is 0 Å². The van der Waals surface area contributed by atoms with Crippen molar-refractivity contribution in [2.75, 3.05) is 12.8 Å². The maximum absolute atomic E-state index is 9.72. The smallest absolute Gasteiger partial charge is 0.138 e. The third-order valence-electron chi connectivity index (χ3n) is 3.07. The zero-order valence-electron chi connectivity index (χ0n) is 9.29. The topological polar surface area (TPSA) is 32.3 Å². The summed E-state index contributed by atoms with van der Waals surface area (Å²) in [6.07, 6.45) is 4.75. The van der Waals surface area contributed by atoms with Gasteiger partial charge in [-0.3, -0.25) is 0 Å². The number of hydrogen-bond acceptors (Lipinski definition) is 3. The Kier molecular flexibility index (Phi) is 3.67. The van der Waals surface area contributed by atoms with Crippen LogP contribution in [0.2, 0.25) is 5.02 Å². The van der Waals surface area contributed by atoms with Gasteiger partial charge in [0, 0.05) is 23.4 Å². The third-order valence-corrected chi connectivity index (χ3v) is 4.80. The number of hydrogen-bond donors (Lipinski definition) is 2. The normalized spacial score (nSPS) is 17.4. The van der Waals surface area contributed by atoms with Crippen LogP contribution in [-0.2, 0) is 6.54 Å². The molecular weight excluding hydrogens is 242 g/mol. The van der Waals surface area contributed by atoms with Gasteiger partial charge in [-0.15, -0.1) is 0 Å². The fourth-order valence-corrected chi connectivity index (χ4v) is 2.67. The number of para-hydroxylation sites is 1. The molecule has 1 aromatic rings. The van der Waals surface area contributed by atoms with Crippen LogP contribution in [0.15, 0.2) is 18.2 Å². The first-order chi connectivity index (χ1) is 7.67. The zero-order valence-corrected chi connectivity index (χ0v) is 10.9. The van der Waals surface area contributed by atoms with Crippen LogP contribution in [0.1, 0.15) is 18.4 Å². The Bertz CT molecular complexity index is 379. The molecule has 0 unspecified atom stereocenters. The summed E-state index contributed by atoms with van der Waals surface area (Å²) in [5, 5.41) is 13.5. The molecular formula is C12H16ClNOS. The SMILES string of the molecule is CSC1(CNCc2cccc(Cl)c2O)CC1. The van der Waals surface area contributed by atoms with E-state index in [1.807, 2.05) is 23.9 Å². The number of aromatic hydroxyl groups is 1. The lowest BCUT2D eigenvalue weighted by Crippen LogP contribution is -2.25. The van der Waals surface area contributed by atoms with Gasteiger partial charge in [0.2, 0.25) is 0 Å². The van der Waals surface area contributed by atoms with Crippen molar-refractivity contribution in [3.8, 4) is 5.75 Å². The van der Waals surface area contributed by atoms with E-state index in [2.05, 4.69) is 11.6 Å². The predicted molar refractivity (Wildman–Crippen MR) is 70.3 cm³/mol. The van der Waals surface area contributed by atoms with Gasteiger partial charge in [0.1, 0.15) is 5.75 Å². The molecule has 0 atom stereocenters. The van der Waals surface area contributed by atoms with E-state index in [1.54, 1.807) is 6.07 Å². The van der Waals surface area contributed by atoms with Crippen LogP contribution in [0, 0.1) is 0 Å². The molecule has 1 aliphatic rings. The second kappa shape index (κ2) is 4.86. The van der Waals surface area contributed by atoms with Crippen molar-refractivity contribution in [3.05, 3.63) is 28.8 Å². The lowest BCUT2D eigenvalue weighted by atomic mass is 10.2. The molecule has 0 saturated heterocycles. The van der Waals surface area contributed by atoms with E-state index in [9.17, 15) is 5.11 Å². The van der Waals surface area contributed by atoms with Crippen molar-refractivity contribution < 1.29 is 5.11 Å². The van der Waals surface area contributed by atoms with E-state index in [1.165, 1.54) is 12.8 Å². The van der Waals surface area contributed by atoms with Crippen LogP contribution in [-0.4, -0.2) is 22.7 Å². The van der Waals surface area contributed by atoms with Gasteiger partial charge in [0.05, 0.1) is 5.02 Å². The maximum atomic E-state index is 9.72. The lowest BCUT2D eigenvalue weighted by molar-refractivity contribution is 0.464. The largest absolute Gasteiger partial charge is 0.506 e. The van der Waals surface area contributed by atoms with Crippen molar-refractivity contribution in [3.63, 3.8) is 0 Å². The standard InChI is InChI=1S/C12H16ClNOS/c1-16-12(5-6-12)8-14-7-9-3-2-4-10(13)11(9)15/h2-4,14-15H,5-8H2,1H3. The summed E-state index contributed by atoms with van der Waals surface area (Å²) in [6.45, 7) is 1.68. The molecule has 1 fully saturated rings. The van der Waals surface area contributed by atoms with E-state index in [-0.39, 0.29) is 5.75 Å². The first-order valence-electron chi connectivity index (χ1n) is 5.39. The minimum Gasteiger partial charge on any atom is -0.506 e. The fourth-order valence-electron chi connectivity index (χ4n) is 1.72. The molecule has 1 aliphatic carbocycles. The van der Waals surface area contributed by atoms with Crippen LogP contribution in [0.4, 0.5) is 0 Å². The summed E-state index contributed by atoms with van der Waals surface area (Å²) < 4.78 is 0.453. The van der Waals surface area contributed by atoms with Gasteiger partial charge < -0.3 is 10.4 Å². The Labute approximate surface area is 105 Å². The highest BCUT2D eigenvalue weighted by Gasteiger charge is 2.41. The quantitative estimate of drug-likeness (QED) is 0.851. The second-order valence-electron chi connectivity index (χ2n) is 4.24. The van der Waals surface area contributed by atoms with Gasteiger partial charge in [0.25, 0.3) is 0 Å². The summed E-state index contributed by atoms with van der Waals surface area (Å²) >= 11 is 7.77. The van der Waals surface area contributed by atoms with Gasteiger partial charge >= 0.3 is 0 Å². The molecule has 88 valence electrons. The van der Waals surface area contributed by atoms with Crippen molar-refractivity contribution in [1.29, 1.82) is 0 Å². The monoisotopic (exact) mass is 257 g/mol. The molecule has 2 rings (SSSR count). The van der Waals surface area contributed by atoms with E-state index in [0.717, 1.165) is 12.1 Å². The summed E-state index contributed by atoms with van der Waals surface area (Å²) in [5.41, 5.74) is 0.865. The highest BCUT2D eigenvalue weighted by Crippen LogP contribution is 2.46. The zero-order chi connectivity index (χ0) is 11.6. The number of halogens is 1. The predicted octanol–water partition coefficient (Wildman–Crippen LogP) is 3.03.